The van der Waals surface area contributed by atoms with Gasteiger partial charge in [-0.3, -0.25) is 4.79 Å². The number of ether oxygens (including phenoxy) is 2. The molecule has 1 N–H and O–H groups in total. The molecule has 2 aromatic rings. The van der Waals surface area contributed by atoms with E-state index in [0.717, 1.165) is 0 Å². The van der Waals surface area contributed by atoms with E-state index in [-0.39, 0.29) is 16.9 Å². The van der Waals surface area contributed by atoms with Crippen molar-refractivity contribution in [1.82, 2.24) is 4.72 Å². The van der Waals surface area contributed by atoms with Crippen molar-refractivity contribution in [3.8, 4) is 0 Å². The summed E-state index contributed by atoms with van der Waals surface area (Å²) < 4.78 is 37.7. The van der Waals surface area contributed by atoms with E-state index in [4.69, 9.17) is 11.6 Å². The van der Waals surface area contributed by atoms with Gasteiger partial charge in [-0.1, -0.05) is 29.8 Å². The topological polar surface area (TPSA) is 98.8 Å². The van der Waals surface area contributed by atoms with Crippen LogP contribution in [-0.4, -0.2) is 34.6 Å². The number of aryl methyl sites for hydroxylation is 1. The van der Waals surface area contributed by atoms with Gasteiger partial charge in [0, 0.05) is 5.02 Å². The summed E-state index contributed by atoms with van der Waals surface area (Å²) in [6.07, 6.45) is -0.237. The predicted molar refractivity (Wildman–Crippen MR) is 104 cm³/mol. The monoisotopic (exact) mass is 425 g/mol. The molecule has 0 aromatic heterocycles. The Morgan fingerprint density at radius 1 is 1.11 bits per heavy atom. The Labute approximate surface area is 168 Å². The molecule has 2 rings (SSSR count). The second-order valence-corrected chi connectivity index (χ2v) is 8.04. The Morgan fingerprint density at radius 2 is 1.79 bits per heavy atom. The number of rotatable bonds is 7. The van der Waals surface area contributed by atoms with Gasteiger partial charge in [-0.15, -0.1) is 0 Å². The zero-order chi connectivity index (χ0) is 20.9. The van der Waals surface area contributed by atoms with Gasteiger partial charge in [0.25, 0.3) is 0 Å². The Balaban J connectivity index is 2.41. The van der Waals surface area contributed by atoms with Crippen molar-refractivity contribution >= 4 is 33.6 Å². The van der Waals surface area contributed by atoms with Gasteiger partial charge in [-0.25, -0.2) is 17.9 Å². The highest BCUT2D eigenvalue weighted by Crippen LogP contribution is 2.28. The summed E-state index contributed by atoms with van der Waals surface area (Å²) in [6, 6.07) is 9.79. The van der Waals surface area contributed by atoms with Crippen LogP contribution < -0.4 is 4.72 Å². The number of sulfonamides is 1. The summed E-state index contributed by atoms with van der Waals surface area (Å²) in [5.41, 5.74) is 1.03. The lowest BCUT2D eigenvalue weighted by atomic mass is 10.1. The van der Waals surface area contributed by atoms with Crippen LogP contribution in [0.3, 0.4) is 0 Å². The van der Waals surface area contributed by atoms with Crippen molar-refractivity contribution in [2.75, 3.05) is 14.2 Å². The highest BCUT2D eigenvalue weighted by molar-refractivity contribution is 7.89. The molecule has 0 amide bonds. The van der Waals surface area contributed by atoms with E-state index >= 15 is 0 Å². The van der Waals surface area contributed by atoms with Gasteiger partial charge in [-0.05, 0) is 42.3 Å². The van der Waals surface area contributed by atoms with Crippen molar-refractivity contribution < 1.29 is 27.5 Å². The third-order valence-electron chi connectivity index (χ3n) is 4.06. The minimum atomic E-state index is -4.03. The molecule has 28 heavy (non-hydrogen) atoms. The number of nitrogens with one attached hydrogen (secondary N) is 1. The minimum Gasteiger partial charge on any atom is -0.469 e. The molecule has 7 nitrogen and oxygen atoms in total. The molecule has 0 aliphatic rings. The number of benzene rings is 2. The zero-order valence-corrected chi connectivity index (χ0v) is 17.1. The minimum absolute atomic E-state index is 0.0259. The molecule has 0 spiro atoms. The molecule has 0 heterocycles. The van der Waals surface area contributed by atoms with E-state index < -0.39 is 28.0 Å². The first-order valence-electron chi connectivity index (χ1n) is 8.22. The summed E-state index contributed by atoms with van der Waals surface area (Å²) in [7, 11) is -1.57. The Bertz CT molecular complexity index is 990. The second kappa shape index (κ2) is 9.18. The number of methoxy groups -OCH3 is 2. The largest absolute Gasteiger partial charge is 0.469 e. The number of hydrogen-bond acceptors (Lipinski definition) is 6. The zero-order valence-electron chi connectivity index (χ0n) is 15.6. The molecule has 2 aromatic carbocycles. The molecule has 1 unspecified atom stereocenters. The number of hydrogen-bond donors (Lipinski definition) is 1. The third kappa shape index (κ3) is 5.09. The maximum Gasteiger partial charge on any atom is 0.337 e. The van der Waals surface area contributed by atoms with Crippen LogP contribution in [0.25, 0.3) is 0 Å². The van der Waals surface area contributed by atoms with E-state index in [0.29, 0.717) is 16.1 Å². The average Bonchev–Trinajstić information content (AvgIpc) is 2.66. The SMILES string of the molecule is COC(=O)CC(NS(=O)(=O)c1ccc(C(=O)OC)cc1C)c1ccccc1Cl. The van der Waals surface area contributed by atoms with Crippen molar-refractivity contribution in [3.05, 3.63) is 64.2 Å². The summed E-state index contributed by atoms with van der Waals surface area (Å²) >= 11 is 6.19. The second-order valence-electron chi connectivity index (χ2n) is 5.95. The van der Waals surface area contributed by atoms with Gasteiger partial charge in [-0.2, -0.15) is 0 Å². The maximum absolute atomic E-state index is 12.9. The van der Waals surface area contributed by atoms with E-state index in [1.54, 1.807) is 31.2 Å². The van der Waals surface area contributed by atoms with Gasteiger partial charge in [0.2, 0.25) is 10.0 Å². The molecule has 0 aliphatic carbocycles. The fourth-order valence-corrected chi connectivity index (χ4v) is 4.38. The number of esters is 2. The molecule has 1 atom stereocenters. The maximum atomic E-state index is 12.9. The first-order valence-corrected chi connectivity index (χ1v) is 10.1. The van der Waals surface area contributed by atoms with Gasteiger partial charge in [0.05, 0.1) is 37.1 Å². The first-order chi connectivity index (χ1) is 13.2. The van der Waals surface area contributed by atoms with Crippen LogP contribution in [0.1, 0.15) is 33.9 Å². The van der Waals surface area contributed by atoms with E-state index in [1.807, 2.05) is 0 Å². The highest BCUT2D eigenvalue weighted by Gasteiger charge is 2.27. The van der Waals surface area contributed by atoms with Gasteiger partial charge in [0.15, 0.2) is 0 Å². The van der Waals surface area contributed by atoms with Crippen LogP contribution in [0.5, 0.6) is 0 Å². The smallest absolute Gasteiger partial charge is 0.337 e. The quantitative estimate of drug-likeness (QED) is 0.684. The summed E-state index contributed by atoms with van der Waals surface area (Å²) in [5.74, 6) is -1.16. The fraction of sp³-hybridized carbons (Fsp3) is 0.263. The number of carbonyl (C=O) groups excluding carboxylic acids is 2. The summed E-state index contributed by atoms with van der Waals surface area (Å²) in [4.78, 5) is 23.4. The molecule has 0 aliphatic heterocycles. The van der Waals surface area contributed by atoms with Crippen LogP contribution >= 0.6 is 11.6 Å². The third-order valence-corrected chi connectivity index (χ3v) is 6.04. The van der Waals surface area contributed by atoms with Crippen LogP contribution in [0.15, 0.2) is 47.4 Å². The molecule has 9 heteroatoms. The Morgan fingerprint density at radius 3 is 2.36 bits per heavy atom. The summed E-state index contributed by atoms with van der Waals surface area (Å²) in [5, 5.41) is 0.317. The Hall–Kier alpha value is -2.42. The van der Waals surface area contributed by atoms with Crippen LogP contribution in [0.4, 0.5) is 0 Å². The van der Waals surface area contributed by atoms with E-state index in [9.17, 15) is 18.0 Å². The van der Waals surface area contributed by atoms with Crippen LogP contribution in [0, 0.1) is 6.92 Å². The van der Waals surface area contributed by atoms with Crippen molar-refractivity contribution in [2.45, 2.75) is 24.3 Å². The predicted octanol–water partition coefficient (Wildman–Crippen LogP) is 3.02. The van der Waals surface area contributed by atoms with Gasteiger partial charge >= 0.3 is 11.9 Å². The van der Waals surface area contributed by atoms with Crippen LogP contribution in [-0.2, 0) is 24.3 Å². The Kier molecular flexibility index (Phi) is 7.17. The standard InChI is InChI=1S/C19H20ClNO6S/c1-12-10-13(19(23)27-3)8-9-17(12)28(24,25)21-16(11-18(22)26-2)14-6-4-5-7-15(14)20/h4-10,16,21H,11H2,1-3H3. The molecule has 0 saturated carbocycles. The van der Waals surface area contributed by atoms with Crippen molar-refractivity contribution in [1.29, 1.82) is 0 Å². The normalized spacial score (nSPS) is 12.3. The lowest BCUT2D eigenvalue weighted by molar-refractivity contribution is -0.141. The van der Waals surface area contributed by atoms with Gasteiger partial charge in [0.1, 0.15) is 0 Å². The van der Waals surface area contributed by atoms with E-state index in [2.05, 4.69) is 14.2 Å². The number of halogens is 1. The molecule has 0 radical (unpaired) electrons. The number of carbonyl (C=O) groups is 2. The molecular weight excluding hydrogens is 406 g/mol. The molecule has 0 fully saturated rings. The lowest BCUT2D eigenvalue weighted by Gasteiger charge is -2.20. The molecular formula is C19H20ClNO6S. The molecule has 0 saturated heterocycles. The van der Waals surface area contributed by atoms with Gasteiger partial charge < -0.3 is 9.47 Å². The van der Waals surface area contributed by atoms with Crippen molar-refractivity contribution in [2.24, 2.45) is 0 Å². The molecule has 150 valence electrons. The summed E-state index contributed by atoms with van der Waals surface area (Å²) in [6.45, 7) is 1.56. The first kappa shape index (κ1) is 21.9. The van der Waals surface area contributed by atoms with Crippen molar-refractivity contribution in [3.63, 3.8) is 0 Å². The lowest BCUT2D eigenvalue weighted by Crippen LogP contribution is -2.31. The average molecular weight is 426 g/mol. The van der Waals surface area contributed by atoms with Crippen LogP contribution in [0.2, 0.25) is 5.02 Å². The molecule has 0 bridgehead atoms. The fourth-order valence-electron chi connectivity index (χ4n) is 2.67. The highest BCUT2D eigenvalue weighted by atomic mass is 35.5. The van der Waals surface area contributed by atoms with E-state index in [1.165, 1.54) is 32.4 Å².